The molecule has 0 atom stereocenters. The third kappa shape index (κ3) is 4.78. The number of benzene rings is 2. The number of halogens is 1. The molecule has 2 rings (SSSR count). The van der Waals surface area contributed by atoms with E-state index in [1.165, 1.54) is 5.56 Å². The SMILES string of the molecule is CCCCOc1cccc(CNc2cccc(Cl)c2)c1. The van der Waals surface area contributed by atoms with Gasteiger partial charge in [0.2, 0.25) is 0 Å². The van der Waals surface area contributed by atoms with E-state index in [-0.39, 0.29) is 0 Å². The van der Waals surface area contributed by atoms with Crippen molar-refractivity contribution in [1.82, 2.24) is 0 Å². The summed E-state index contributed by atoms with van der Waals surface area (Å²) in [4.78, 5) is 0. The van der Waals surface area contributed by atoms with Gasteiger partial charge in [-0.15, -0.1) is 0 Å². The number of unbranched alkanes of at least 4 members (excludes halogenated alkanes) is 1. The minimum atomic E-state index is 0.742. The van der Waals surface area contributed by atoms with E-state index < -0.39 is 0 Å². The van der Waals surface area contributed by atoms with Crippen LogP contribution in [0.25, 0.3) is 0 Å². The summed E-state index contributed by atoms with van der Waals surface area (Å²) >= 11 is 5.96. The molecule has 0 spiro atoms. The minimum absolute atomic E-state index is 0.742. The first-order valence-electron chi connectivity index (χ1n) is 6.99. The maximum atomic E-state index is 5.96. The summed E-state index contributed by atoms with van der Waals surface area (Å²) in [6.07, 6.45) is 2.24. The average molecular weight is 290 g/mol. The van der Waals surface area contributed by atoms with Gasteiger partial charge >= 0.3 is 0 Å². The van der Waals surface area contributed by atoms with Crippen molar-refractivity contribution in [3.8, 4) is 5.75 Å². The zero-order valence-electron chi connectivity index (χ0n) is 11.7. The van der Waals surface area contributed by atoms with E-state index in [2.05, 4.69) is 24.4 Å². The Morgan fingerprint density at radius 1 is 1.10 bits per heavy atom. The van der Waals surface area contributed by atoms with Crippen molar-refractivity contribution >= 4 is 17.3 Å². The zero-order valence-corrected chi connectivity index (χ0v) is 12.5. The molecule has 0 fully saturated rings. The van der Waals surface area contributed by atoms with Crippen molar-refractivity contribution < 1.29 is 4.74 Å². The Balaban J connectivity index is 1.91. The van der Waals surface area contributed by atoms with E-state index in [0.717, 1.165) is 42.5 Å². The van der Waals surface area contributed by atoms with Crippen LogP contribution in [0.1, 0.15) is 25.3 Å². The molecule has 0 aliphatic carbocycles. The van der Waals surface area contributed by atoms with Gasteiger partial charge in [0.05, 0.1) is 6.61 Å². The summed E-state index contributed by atoms with van der Waals surface area (Å²) in [6.45, 7) is 3.70. The topological polar surface area (TPSA) is 21.3 Å². The molecule has 0 aliphatic heterocycles. The van der Waals surface area contributed by atoms with Gasteiger partial charge < -0.3 is 10.1 Å². The molecule has 3 heteroatoms. The second-order valence-electron chi connectivity index (χ2n) is 4.71. The number of rotatable bonds is 7. The van der Waals surface area contributed by atoms with Gasteiger partial charge in [0.1, 0.15) is 5.75 Å². The predicted molar refractivity (Wildman–Crippen MR) is 85.6 cm³/mol. The average Bonchev–Trinajstić information content (AvgIpc) is 2.46. The number of hydrogen-bond acceptors (Lipinski definition) is 2. The van der Waals surface area contributed by atoms with Gasteiger partial charge in [0.15, 0.2) is 0 Å². The maximum Gasteiger partial charge on any atom is 0.119 e. The van der Waals surface area contributed by atoms with Gasteiger partial charge in [-0.25, -0.2) is 0 Å². The van der Waals surface area contributed by atoms with Crippen molar-refractivity contribution in [2.24, 2.45) is 0 Å². The lowest BCUT2D eigenvalue weighted by molar-refractivity contribution is 0.309. The standard InChI is InChI=1S/C17H20ClNO/c1-2-3-10-20-17-9-4-6-14(11-17)13-19-16-8-5-7-15(18)12-16/h4-9,11-12,19H,2-3,10,13H2,1H3. The van der Waals surface area contributed by atoms with Crippen LogP contribution in [0.3, 0.4) is 0 Å². The molecule has 0 bridgehead atoms. The fourth-order valence-corrected chi connectivity index (χ4v) is 2.07. The number of anilines is 1. The van der Waals surface area contributed by atoms with Crippen molar-refractivity contribution in [2.45, 2.75) is 26.3 Å². The summed E-state index contributed by atoms with van der Waals surface area (Å²) in [5.74, 6) is 0.934. The molecule has 0 unspecified atom stereocenters. The van der Waals surface area contributed by atoms with Gasteiger partial charge in [0, 0.05) is 17.3 Å². The maximum absolute atomic E-state index is 5.96. The molecule has 0 saturated heterocycles. The summed E-state index contributed by atoms with van der Waals surface area (Å²) < 4.78 is 5.71. The first kappa shape index (κ1) is 14.7. The molecule has 0 heterocycles. The third-order valence-electron chi connectivity index (χ3n) is 2.99. The van der Waals surface area contributed by atoms with Crippen LogP contribution in [0.5, 0.6) is 5.75 Å². The number of nitrogens with one attached hydrogen (secondary N) is 1. The Morgan fingerprint density at radius 3 is 2.75 bits per heavy atom. The van der Waals surface area contributed by atoms with Crippen molar-refractivity contribution in [1.29, 1.82) is 0 Å². The number of ether oxygens (including phenoxy) is 1. The van der Waals surface area contributed by atoms with Gasteiger partial charge in [-0.05, 0) is 42.3 Å². The lowest BCUT2D eigenvalue weighted by Gasteiger charge is -2.09. The molecule has 20 heavy (non-hydrogen) atoms. The normalized spacial score (nSPS) is 10.3. The molecule has 2 aromatic carbocycles. The Bertz CT molecular complexity index is 542. The van der Waals surface area contributed by atoms with Crippen LogP contribution in [0.2, 0.25) is 5.02 Å². The van der Waals surface area contributed by atoms with Crippen LogP contribution in [-0.2, 0) is 6.54 Å². The van der Waals surface area contributed by atoms with Crippen LogP contribution in [0.4, 0.5) is 5.69 Å². The monoisotopic (exact) mass is 289 g/mol. The third-order valence-corrected chi connectivity index (χ3v) is 3.22. The minimum Gasteiger partial charge on any atom is -0.494 e. The molecule has 0 aromatic heterocycles. The Morgan fingerprint density at radius 2 is 1.95 bits per heavy atom. The van der Waals surface area contributed by atoms with E-state index in [0.29, 0.717) is 0 Å². The molecular weight excluding hydrogens is 270 g/mol. The van der Waals surface area contributed by atoms with E-state index in [9.17, 15) is 0 Å². The molecule has 0 amide bonds. The summed E-state index contributed by atoms with van der Waals surface area (Å²) in [6, 6.07) is 15.9. The summed E-state index contributed by atoms with van der Waals surface area (Å²) in [5, 5.41) is 4.10. The highest BCUT2D eigenvalue weighted by Gasteiger charge is 1.98. The van der Waals surface area contributed by atoms with Gasteiger partial charge in [0.25, 0.3) is 0 Å². The Kier molecular flexibility index (Phi) is 5.75. The van der Waals surface area contributed by atoms with Crippen LogP contribution >= 0.6 is 11.6 Å². The molecule has 0 aliphatic rings. The first-order valence-corrected chi connectivity index (χ1v) is 7.37. The highest BCUT2D eigenvalue weighted by molar-refractivity contribution is 6.30. The van der Waals surface area contributed by atoms with Gasteiger partial charge in [-0.1, -0.05) is 43.1 Å². The molecule has 0 saturated carbocycles. The second-order valence-corrected chi connectivity index (χ2v) is 5.15. The van der Waals surface area contributed by atoms with Crippen molar-refractivity contribution in [3.63, 3.8) is 0 Å². The zero-order chi connectivity index (χ0) is 14.2. The van der Waals surface area contributed by atoms with Crippen molar-refractivity contribution in [2.75, 3.05) is 11.9 Å². The van der Waals surface area contributed by atoms with E-state index in [1.807, 2.05) is 36.4 Å². The first-order chi connectivity index (χ1) is 9.78. The lowest BCUT2D eigenvalue weighted by Crippen LogP contribution is -2.01. The largest absolute Gasteiger partial charge is 0.494 e. The van der Waals surface area contributed by atoms with Crippen molar-refractivity contribution in [3.05, 3.63) is 59.1 Å². The fraction of sp³-hybridized carbons (Fsp3) is 0.294. The molecular formula is C17H20ClNO. The van der Waals surface area contributed by atoms with E-state index in [4.69, 9.17) is 16.3 Å². The molecule has 2 nitrogen and oxygen atoms in total. The molecule has 0 radical (unpaired) electrons. The second kappa shape index (κ2) is 7.81. The van der Waals surface area contributed by atoms with Crippen LogP contribution in [0.15, 0.2) is 48.5 Å². The van der Waals surface area contributed by atoms with E-state index in [1.54, 1.807) is 0 Å². The predicted octanol–water partition coefficient (Wildman–Crippen LogP) is 5.13. The van der Waals surface area contributed by atoms with Gasteiger partial charge in [-0.3, -0.25) is 0 Å². The fourth-order valence-electron chi connectivity index (χ4n) is 1.88. The highest BCUT2D eigenvalue weighted by atomic mass is 35.5. The van der Waals surface area contributed by atoms with Crippen LogP contribution in [0, 0.1) is 0 Å². The summed E-state index contributed by atoms with van der Waals surface area (Å²) in [5.41, 5.74) is 2.22. The molecule has 2 aromatic rings. The van der Waals surface area contributed by atoms with Gasteiger partial charge in [-0.2, -0.15) is 0 Å². The van der Waals surface area contributed by atoms with Crippen LogP contribution < -0.4 is 10.1 Å². The lowest BCUT2D eigenvalue weighted by atomic mass is 10.2. The summed E-state index contributed by atoms with van der Waals surface area (Å²) in [7, 11) is 0. The molecule has 1 N–H and O–H groups in total. The smallest absolute Gasteiger partial charge is 0.119 e. The quantitative estimate of drug-likeness (QED) is 0.713. The Hall–Kier alpha value is -1.67. The van der Waals surface area contributed by atoms with Crippen LogP contribution in [-0.4, -0.2) is 6.61 Å². The number of hydrogen-bond donors (Lipinski definition) is 1. The van der Waals surface area contributed by atoms with E-state index >= 15 is 0 Å². The Labute approximate surface area is 125 Å². The molecule has 106 valence electrons. The highest BCUT2D eigenvalue weighted by Crippen LogP contribution is 2.18.